The van der Waals surface area contributed by atoms with Gasteiger partial charge in [-0.05, 0) is 39.3 Å². The number of rotatable bonds is 7. The summed E-state index contributed by atoms with van der Waals surface area (Å²) in [5.41, 5.74) is 0.437. The first-order chi connectivity index (χ1) is 13.2. The summed E-state index contributed by atoms with van der Waals surface area (Å²) < 4.78 is 5.26. The minimum atomic E-state index is -0.495. The van der Waals surface area contributed by atoms with Crippen LogP contribution >= 0.6 is 11.8 Å². The molecule has 0 unspecified atom stereocenters. The van der Waals surface area contributed by atoms with Gasteiger partial charge in [0.2, 0.25) is 11.8 Å². The molecule has 0 spiro atoms. The predicted octanol–water partition coefficient (Wildman–Crippen LogP) is 3.49. The number of nitrogens with zero attached hydrogens (tertiary/aromatic N) is 2. The van der Waals surface area contributed by atoms with Gasteiger partial charge in [0.25, 0.3) is 0 Å². The van der Waals surface area contributed by atoms with Crippen molar-refractivity contribution in [1.29, 1.82) is 0 Å². The summed E-state index contributed by atoms with van der Waals surface area (Å²) in [7, 11) is 1.70. The van der Waals surface area contributed by atoms with Crippen LogP contribution in [-0.2, 0) is 19.1 Å². The first-order valence-corrected chi connectivity index (χ1v) is 10.6. The molecule has 1 aliphatic heterocycles. The third kappa shape index (κ3) is 6.86. The SMILES string of the molecule is CN(CCCC(=O)OC(C)(C)C)C(=O)CCC(=O)N1CCSc2ccccc21. The topological polar surface area (TPSA) is 66.9 Å². The standard InChI is InChI=1S/C21H30N2O4S/c1-21(2,3)27-20(26)10-7-13-22(4)18(24)11-12-19(25)23-14-15-28-17-9-6-5-8-16(17)23/h5-6,8-9H,7,10-15H2,1-4H3. The van der Waals surface area contributed by atoms with Gasteiger partial charge in [-0.15, -0.1) is 11.8 Å². The largest absolute Gasteiger partial charge is 0.460 e. The third-order valence-corrected chi connectivity index (χ3v) is 5.35. The summed E-state index contributed by atoms with van der Waals surface area (Å²) in [5.74, 6) is 0.493. The number of amides is 2. The number of carbonyl (C=O) groups is 3. The van der Waals surface area contributed by atoms with Crippen LogP contribution in [0.2, 0.25) is 0 Å². The second-order valence-electron chi connectivity index (χ2n) is 7.87. The van der Waals surface area contributed by atoms with E-state index in [1.54, 1.807) is 28.6 Å². The number of benzene rings is 1. The molecule has 0 saturated carbocycles. The summed E-state index contributed by atoms with van der Waals surface area (Å²) in [5, 5.41) is 0. The molecule has 0 aromatic heterocycles. The van der Waals surface area contributed by atoms with Crippen molar-refractivity contribution in [3.63, 3.8) is 0 Å². The van der Waals surface area contributed by atoms with Crippen LogP contribution in [0.1, 0.15) is 46.5 Å². The Balaban J connectivity index is 1.74. The van der Waals surface area contributed by atoms with Gasteiger partial charge in [-0.1, -0.05) is 12.1 Å². The molecule has 1 aliphatic rings. The van der Waals surface area contributed by atoms with Crippen LogP contribution in [0, 0.1) is 0 Å². The highest BCUT2D eigenvalue weighted by atomic mass is 32.2. The zero-order valence-corrected chi connectivity index (χ0v) is 18.0. The molecule has 0 aliphatic carbocycles. The zero-order chi connectivity index (χ0) is 20.7. The number of para-hydroxylation sites is 1. The molecule has 7 heteroatoms. The fraction of sp³-hybridized carbons (Fsp3) is 0.571. The van der Waals surface area contributed by atoms with Gasteiger partial charge >= 0.3 is 5.97 Å². The van der Waals surface area contributed by atoms with Crippen LogP contribution in [0.5, 0.6) is 0 Å². The Morgan fingerprint density at radius 3 is 2.57 bits per heavy atom. The Kier molecular flexibility index (Phi) is 7.92. The van der Waals surface area contributed by atoms with E-state index in [1.807, 2.05) is 45.0 Å². The fourth-order valence-electron chi connectivity index (χ4n) is 2.95. The highest BCUT2D eigenvalue weighted by molar-refractivity contribution is 7.99. The van der Waals surface area contributed by atoms with E-state index in [4.69, 9.17) is 4.74 Å². The van der Waals surface area contributed by atoms with Crippen molar-refractivity contribution in [3.8, 4) is 0 Å². The van der Waals surface area contributed by atoms with E-state index in [-0.39, 0.29) is 37.0 Å². The molecule has 0 fully saturated rings. The van der Waals surface area contributed by atoms with E-state index in [1.165, 1.54) is 0 Å². The molecule has 0 saturated heterocycles. The lowest BCUT2D eigenvalue weighted by atomic mass is 10.2. The van der Waals surface area contributed by atoms with Crippen LogP contribution in [0.15, 0.2) is 29.2 Å². The van der Waals surface area contributed by atoms with Crippen LogP contribution in [-0.4, -0.2) is 54.2 Å². The van der Waals surface area contributed by atoms with E-state index in [0.29, 0.717) is 19.5 Å². The van der Waals surface area contributed by atoms with Crippen molar-refractivity contribution in [2.24, 2.45) is 0 Å². The van der Waals surface area contributed by atoms with E-state index in [9.17, 15) is 14.4 Å². The molecular weight excluding hydrogens is 376 g/mol. The lowest BCUT2D eigenvalue weighted by molar-refractivity contribution is -0.155. The molecule has 2 amide bonds. The molecule has 0 bridgehead atoms. The number of carbonyl (C=O) groups excluding carboxylic acids is 3. The molecule has 0 radical (unpaired) electrons. The van der Waals surface area contributed by atoms with Gasteiger partial charge < -0.3 is 14.5 Å². The summed E-state index contributed by atoms with van der Waals surface area (Å²) in [4.78, 5) is 41.1. The second kappa shape index (κ2) is 9.96. The van der Waals surface area contributed by atoms with Crippen LogP contribution in [0.4, 0.5) is 5.69 Å². The first-order valence-electron chi connectivity index (χ1n) is 9.65. The molecule has 6 nitrogen and oxygen atoms in total. The van der Waals surface area contributed by atoms with Crippen molar-refractivity contribution in [1.82, 2.24) is 4.90 Å². The van der Waals surface area contributed by atoms with Crippen molar-refractivity contribution in [2.45, 2.75) is 57.0 Å². The molecule has 2 rings (SSSR count). The zero-order valence-electron chi connectivity index (χ0n) is 17.2. The molecule has 0 atom stereocenters. The van der Waals surface area contributed by atoms with E-state index in [0.717, 1.165) is 16.3 Å². The number of hydrogen-bond donors (Lipinski definition) is 0. The lowest BCUT2D eigenvalue weighted by Gasteiger charge is -2.29. The number of ether oxygens (including phenoxy) is 1. The summed E-state index contributed by atoms with van der Waals surface area (Å²) in [6.07, 6.45) is 1.18. The number of hydrogen-bond acceptors (Lipinski definition) is 5. The maximum absolute atomic E-state index is 12.6. The van der Waals surface area contributed by atoms with E-state index in [2.05, 4.69) is 0 Å². The van der Waals surface area contributed by atoms with Crippen LogP contribution < -0.4 is 4.90 Å². The van der Waals surface area contributed by atoms with Crippen LogP contribution in [0.3, 0.4) is 0 Å². The Labute approximate surface area is 171 Å². The average molecular weight is 407 g/mol. The molecule has 0 N–H and O–H groups in total. The number of esters is 1. The van der Waals surface area contributed by atoms with Gasteiger partial charge in [0.15, 0.2) is 0 Å². The molecule has 1 heterocycles. The Bertz CT molecular complexity index is 715. The summed E-state index contributed by atoms with van der Waals surface area (Å²) in [6, 6.07) is 7.86. The normalized spacial score (nSPS) is 13.6. The first kappa shape index (κ1) is 22.3. The maximum Gasteiger partial charge on any atom is 0.306 e. The van der Waals surface area contributed by atoms with Crippen LogP contribution in [0.25, 0.3) is 0 Å². The molecule has 154 valence electrons. The van der Waals surface area contributed by atoms with Gasteiger partial charge in [-0.3, -0.25) is 14.4 Å². The van der Waals surface area contributed by atoms with Gasteiger partial charge in [0.1, 0.15) is 5.60 Å². The Morgan fingerprint density at radius 1 is 1.14 bits per heavy atom. The Morgan fingerprint density at radius 2 is 1.86 bits per heavy atom. The lowest BCUT2D eigenvalue weighted by Crippen LogP contribution is -2.36. The van der Waals surface area contributed by atoms with Crippen molar-refractivity contribution >= 4 is 35.2 Å². The highest BCUT2D eigenvalue weighted by Crippen LogP contribution is 2.34. The Hall–Kier alpha value is -2.02. The predicted molar refractivity (Wildman–Crippen MR) is 111 cm³/mol. The van der Waals surface area contributed by atoms with Gasteiger partial charge in [0.05, 0.1) is 5.69 Å². The molecule has 1 aromatic rings. The van der Waals surface area contributed by atoms with E-state index >= 15 is 0 Å². The van der Waals surface area contributed by atoms with Crippen molar-refractivity contribution in [2.75, 3.05) is 30.8 Å². The van der Waals surface area contributed by atoms with Crippen molar-refractivity contribution < 1.29 is 19.1 Å². The van der Waals surface area contributed by atoms with Crippen molar-refractivity contribution in [3.05, 3.63) is 24.3 Å². The number of fused-ring (bicyclic) bond motifs is 1. The molecule has 1 aromatic carbocycles. The second-order valence-corrected chi connectivity index (χ2v) is 9.00. The monoisotopic (exact) mass is 406 g/mol. The smallest absolute Gasteiger partial charge is 0.306 e. The van der Waals surface area contributed by atoms with E-state index < -0.39 is 5.60 Å². The van der Waals surface area contributed by atoms with Gasteiger partial charge in [0, 0.05) is 50.0 Å². The summed E-state index contributed by atoms with van der Waals surface area (Å²) in [6.45, 7) is 6.63. The maximum atomic E-state index is 12.6. The fourth-order valence-corrected chi connectivity index (χ4v) is 3.94. The van der Waals surface area contributed by atoms with Gasteiger partial charge in [-0.2, -0.15) is 0 Å². The van der Waals surface area contributed by atoms with Gasteiger partial charge in [-0.25, -0.2) is 0 Å². The quantitative estimate of drug-likeness (QED) is 0.649. The molecular formula is C21H30N2O4S. The average Bonchev–Trinajstić information content (AvgIpc) is 2.63. The highest BCUT2D eigenvalue weighted by Gasteiger charge is 2.23. The minimum Gasteiger partial charge on any atom is -0.460 e. The summed E-state index contributed by atoms with van der Waals surface area (Å²) >= 11 is 1.75. The third-order valence-electron chi connectivity index (χ3n) is 4.30. The number of anilines is 1. The minimum absolute atomic E-state index is 0.0248. The number of thioether (sulfide) groups is 1. The molecule has 28 heavy (non-hydrogen) atoms.